The summed E-state index contributed by atoms with van der Waals surface area (Å²) in [5.74, 6) is 0.289. The standard InChI is InChI=1S/C13H18N2O3/c1-7-4-10(7)6-15-9(3)11(5-12(16)17)8(2)14-13(15)18/h7,10H,4-6H2,1-3H3,(H,16,17). The number of rotatable bonds is 4. The number of carboxylic acid groups (broad SMARTS) is 1. The first-order valence-electron chi connectivity index (χ1n) is 6.19. The van der Waals surface area contributed by atoms with Crippen molar-refractivity contribution in [1.29, 1.82) is 0 Å². The first-order valence-corrected chi connectivity index (χ1v) is 6.19. The summed E-state index contributed by atoms with van der Waals surface area (Å²) in [6.45, 7) is 6.31. The van der Waals surface area contributed by atoms with Crippen LogP contribution in [0.3, 0.4) is 0 Å². The Morgan fingerprint density at radius 2 is 2.11 bits per heavy atom. The van der Waals surface area contributed by atoms with E-state index in [9.17, 15) is 9.59 Å². The number of aliphatic carboxylic acids is 1. The van der Waals surface area contributed by atoms with Gasteiger partial charge in [-0.2, -0.15) is 4.98 Å². The number of carboxylic acids is 1. The molecule has 98 valence electrons. The molecular weight excluding hydrogens is 232 g/mol. The van der Waals surface area contributed by atoms with E-state index in [1.165, 1.54) is 0 Å². The van der Waals surface area contributed by atoms with Gasteiger partial charge in [-0.15, -0.1) is 0 Å². The van der Waals surface area contributed by atoms with E-state index in [1.807, 2.05) is 0 Å². The van der Waals surface area contributed by atoms with Crippen molar-refractivity contribution in [3.05, 3.63) is 27.4 Å². The molecule has 0 radical (unpaired) electrons. The Morgan fingerprint density at radius 3 is 2.61 bits per heavy atom. The van der Waals surface area contributed by atoms with Gasteiger partial charge in [0.05, 0.1) is 6.42 Å². The summed E-state index contributed by atoms with van der Waals surface area (Å²) >= 11 is 0. The Morgan fingerprint density at radius 1 is 1.50 bits per heavy atom. The van der Waals surface area contributed by atoms with E-state index in [0.29, 0.717) is 29.6 Å². The van der Waals surface area contributed by atoms with E-state index in [4.69, 9.17) is 5.11 Å². The Balaban J connectivity index is 2.39. The summed E-state index contributed by atoms with van der Waals surface area (Å²) in [4.78, 5) is 26.7. The Kier molecular flexibility index (Phi) is 3.24. The second-order valence-electron chi connectivity index (χ2n) is 5.20. The molecule has 1 heterocycles. The zero-order chi connectivity index (χ0) is 13.4. The molecule has 1 fully saturated rings. The largest absolute Gasteiger partial charge is 0.481 e. The highest BCUT2D eigenvalue weighted by Gasteiger charge is 2.33. The molecular formula is C13H18N2O3. The third-order valence-electron chi connectivity index (χ3n) is 3.79. The molecule has 0 saturated heterocycles. The smallest absolute Gasteiger partial charge is 0.347 e. The van der Waals surface area contributed by atoms with Gasteiger partial charge in [-0.1, -0.05) is 6.92 Å². The minimum Gasteiger partial charge on any atom is -0.481 e. The van der Waals surface area contributed by atoms with Crippen molar-refractivity contribution in [2.45, 2.75) is 40.2 Å². The van der Waals surface area contributed by atoms with Crippen LogP contribution >= 0.6 is 0 Å². The molecule has 1 aliphatic carbocycles. The van der Waals surface area contributed by atoms with Gasteiger partial charge in [0.25, 0.3) is 0 Å². The lowest BCUT2D eigenvalue weighted by Crippen LogP contribution is -2.29. The molecule has 1 aromatic heterocycles. The van der Waals surface area contributed by atoms with E-state index in [0.717, 1.165) is 12.1 Å². The van der Waals surface area contributed by atoms with E-state index in [2.05, 4.69) is 11.9 Å². The summed E-state index contributed by atoms with van der Waals surface area (Å²) in [6, 6.07) is 0. The van der Waals surface area contributed by atoms with Crippen LogP contribution in [-0.2, 0) is 17.8 Å². The number of hydrogen-bond acceptors (Lipinski definition) is 3. The van der Waals surface area contributed by atoms with Crippen LogP contribution in [0.4, 0.5) is 0 Å². The topological polar surface area (TPSA) is 72.2 Å². The number of nitrogens with zero attached hydrogens (tertiary/aromatic N) is 2. The van der Waals surface area contributed by atoms with Crippen LogP contribution in [0.5, 0.6) is 0 Å². The van der Waals surface area contributed by atoms with Crippen LogP contribution in [0.2, 0.25) is 0 Å². The Hall–Kier alpha value is -1.65. The van der Waals surface area contributed by atoms with Gasteiger partial charge in [-0.3, -0.25) is 9.36 Å². The second-order valence-corrected chi connectivity index (χ2v) is 5.20. The first-order chi connectivity index (χ1) is 8.40. The zero-order valence-electron chi connectivity index (χ0n) is 10.9. The van der Waals surface area contributed by atoms with Gasteiger partial charge in [-0.05, 0) is 32.1 Å². The third kappa shape index (κ3) is 2.44. The summed E-state index contributed by atoms with van der Waals surface area (Å²) in [5.41, 5.74) is 1.67. The lowest BCUT2D eigenvalue weighted by molar-refractivity contribution is -0.136. The summed E-state index contributed by atoms with van der Waals surface area (Å²) in [7, 11) is 0. The fourth-order valence-electron chi connectivity index (χ4n) is 2.35. The van der Waals surface area contributed by atoms with Crippen molar-refractivity contribution in [1.82, 2.24) is 9.55 Å². The molecule has 5 nitrogen and oxygen atoms in total. The lowest BCUT2D eigenvalue weighted by atomic mass is 10.1. The van der Waals surface area contributed by atoms with Crippen molar-refractivity contribution >= 4 is 5.97 Å². The van der Waals surface area contributed by atoms with Gasteiger partial charge in [0.15, 0.2) is 0 Å². The molecule has 5 heteroatoms. The minimum atomic E-state index is -0.895. The molecule has 0 amide bonds. The van der Waals surface area contributed by atoms with E-state index < -0.39 is 5.97 Å². The van der Waals surface area contributed by atoms with Crippen LogP contribution in [0.15, 0.2) is 4.79 Å². The quantitative estimate of drug-likeness (QED) is 0.869. The minimum absolute atomic E-state index is 0.0782. The van der Waals surface area contributed by atoms with Gasteiger partial charge in [0.2, 0.25) is 0 Å². The van der Waals surface area contributed by atoms with Crippen LogP contribution in [0, 0.1) is 25.7 Å². The SMILES string of the molecule is Cc1nc(=O)n(CC2CC2C)c(C)c1CC(=O)O. The monoisotopic (exact) mass is 250 g/mol. The van der Waals surface area contributed by atoms with Crippen molar-refractivity contribution in [2.24, 2.45) is 11.8 Å². The maximum Gasteiger partial charge on any atom is 0.347 e. The fraction of sp³-hybridized carbons (Fsp3) is 0.615. The van der Waals surface area contributed by atoms with E-state index >= 15 is 0 Å². The van der Waals surface area contributed by atoms with Gasteiger partial charge in [0, 0.05) is 23.5 Å². The molecule has 0 aliphatic heterocycles. The molecule has 1 aliphatic rings. The highest BCUT2D eigenvalue weighted by atomic mass is 16.4. The highest BCUT2D eigenvalue weighted by Crippen LogP contribution is 2.38. The first kappa shape index (κ1) is 12.8. The highest BCUT2D eigenvalue weighted by molar-refractivity contribution is 5.70. The summed E-state index contributed by atoms with van der Waals surface area (Å²) < 4.78 is 1.62. The van der Waals surface area contributed by atoms with Gasteiger partial charge >= 0.3 is 11.7 Å². The lowest BCUT2D eigenvalue weighted by Gasteiger charge is -2.14. The van der Waals surface area contributed by atoms with Crippen LogP contribution in [0.1, 0.15) is 30.3 Å². The van der Waals surface area contributed by atoms with Gasteiger partial charge in [-0.25, -0.2) is 4.79 Å². The molecule has 2 unspecified atom stereocenters. The van der Waals surface area contributed by atoms with Crippen molar-refractivity contribution in [2.75, 3.05) is 0 Å². The second kappa shape index (κ2) is 4.55. The molecule has 18 heavy (non-hydrogen) atoms. The number of aryl methyl sites for hydroxylation is 1. The predicted molar refractivity (Wildman–Crippen MR) is 66.6 cm³/mol. The van der Waals surface area contributed by atoms with Crippen LogP contribution in [0.25, 0.3) is 0 Å². The van der Waals surface area contributed by atoms with Crippen LogP contribution < -0.4 is 5.69 Å². The molecule has 2 rings (SSSR count). The predicted octanol–water partition coefficient (Wildman–Crippen LogP) is 1.14. The molecule has 1 N–H and O–H groups in total. The molecule has 0 aromatic carbocycles. The summed E-state index contributed by atoms with van der Waals surface area (Å²) in [5, 5.41) is 8.90. The third-order valence-corrected chi connectivity index (χ3v) is 3.79. The average molecular weight is 250 g/mol. The van der Waals surface area contributed by atoms with Gasteiger partial charge < -0.3 is 5.11 Å². The van der Waals surface area contributed by atoms with E-state index in [-0.39, 0.29) is 12.1 Å². The molecule has 0 spiro atoms. The fourth-order valence-corrected chi connectivity index (χ4v) is 2.35. The molecule has 1 aromatic rings. The zero-order valence-corrected chi connectivity index (χ0v) is 10.9. The summed E-state index contributed by atoms with van der Waals surface area (Å²) in [6.07, 6.45) is 1.05. The molecule has 1 saturated carbocycles. The molecule has 0 bridgehead atoms. The maximum absolute atomic E-state index is 11.9. The number of hydrogen-bond donors (Lipinski definition) is 1. The number of carbonyl (C=O) groups is 1. The number of aromatic nitrogens is 2. The van der Waals surface area contributed by atoms with Crippen LogP contribution in [-0.4, -0.2) is 20.6 Å². The van der Waals surface area contributed by atoms with E-state index in [1.54, 1.807) is 18.4 Å². The van der Waals surface area contributed by atoms with Crippen molar-refractivity contribution in [3.8, 4) is 0 Å². The normalized spacial score (nSPS) is 21.9. The Labute approximate surface area is 105 Å². The maximum atomic E-state index is 11.9. The molecule has 2 atom stereocenters. The van der Waals surface area contributed by atoms with Gasteiger partial charge in [0.1, 0.15) is 0 Å². The van der Waals surface area contributed by atoms with Crippen molar-refractivity contribution in [3.63, 3.8) is 0 Å². The Bertz CT molecular complexity index is 548. The van der Waals surface area contributed by atoms with Crippen molar-refractivity contribution < 1.29 is 9.90 Å². The average Bonchev–Trinajstić information content (AvgIpc) is 2.95.